The molecule has 1 fully saturated rings. The van der Waals surface area contributed by atoms with E-state index in [1.54, 1.807) is 0 Å². The molecule has 0 amide bonds. The molecule has 20 heavy (non-hydrogen) atoms. The van der Waals surface area contributed by atoms with E-state index in [0.29, 0.717) is 0 Å². The second-order valence-corrected chi connectivity index (χ2v) is 5.02. The van der Waals surface area contributed by atoms with Crippen LogP contribution in [0.1, 0.15) is 12.0 Å². The van der Waals surface area contributed by atoms with Gasteiger partial charge in [0.15, 0.2) is 0 Å². The monoisotopic (exact) mass is 269 g/mol. The summed E-state index contributed by atoms with van der Waals surface area (Å²) in [4.78, 5) is 17.5. The number of rotatable bonds is 3. The van der Waals surface area contributed by atoms with E-state index in [-0.39, 0.29) is 0 Å². The predicted molar refractivity (Wildman–Crippen MR) is 78.4 cm³/mol. The highest BCUT2D eigenvalue weighted by Crippen LogP contribution is 2.12. The highest BCUT2D eigenvalue weighted by Gasteiger charge is 2.16. The Morgan fingerprint density at radius 1 is 0.900 bits per heavy atom. The van der Waals surface area contributed by atoms with Gasteiger partial charge in [0.1, 0.15) is 0 Å². The van der Waals surface area contributed by atoms with Crippen molar-refractivity contribution < 1.29 is 0 Å². The minimum atomic E-state index is 0.846. The third kappa shape index (κ3) is 3.30. The fourth-order valence-corrected chi connectivity index (χ4v) is 2.53. The van der Waals surface area contributed by atoms with E-state index in [4.69, 9.17) is 0 Å². The molecular formula is C15H19N5. The van der Waals surface area contributed by atoms with Crippen LogP contribution >= 0.6 is 0 Å². The summed E-state index contributed by atoms with van der Waals surface area (Å²) < 4.78 is 0. The summed E-state index contributed by atoms with van der Waals surface area (Å²) >= 11 is 0. The van der Waals surface area contributed by atoms with Crippen LogP contribution in [-0.2, 0) is 6.54 Å². The predicted octanol–water partition coefficient (Wildman–Crippen LogP) is 1.58. The lowest BCUT2D eigenvalue weighted by molar-refractivity contribution is 0.285. The Bertz CT molecular complexity index is 516. The van der Waals surface area contributed by atoms with Crippen molar-refractivity contribution in [2.24, 2.45) is 0 Å². The average molecular weight is 269 g/mol. The molecule has 1 aliphatic heterocycles. The summed E-state index contributed by atoms with van der Waals surface area (Å²) in [6.07, 6.45) is 8.47. The van der Waals surface area contributed by atoms with Crippen molar-refractivity contribution in [3.05, 3.63) is 48.5 Å². The van der Waals surface area contributed by atoms with Crippen molar-refractivity contribution in [3.63, 3.8) is 0 Å². The van der Waals surface area contributed by atoms with Gasteiger partial charge < -0.3 is 4.90 Å². The zero-order valence-electron chi connectivity index (χ0n) is 11.5. The molecule has 0 unspecified atom stereocenters. The Morgan fingerprint density at radius 2 is 1.70 bits per heavy atom. The van der Waals surface area contributed by atoms with Gasteiger partial charge in [-0.3, -0.25) is 9.88 Å². The van der Waals surface area contributed by atoms with Crippen LogP contribution in [0.3, 0.4) is 0 Å². The van der Waals surface area contributed by atoms with Gasteiger partial charge in [0.05, 0.1) is 0 Å². The topological polar surface area (TPSA) is 45.2 Å². The van der Waals surface area contributed by atoms with Gasteiger partial charge in [-0.2, -0.15) is 0 Å². The molecule has 104 valence electrons. The molecule has 5 heteroatoms. The number of aromatic nitrogens is 3. The first-order valence-electron chi connectivity index (χ1n) is 7.05. The maximum atomic E-state index is 4.34. The van der Waals surface area contributed by atoms with Gasteiger partial charge in [-0.05, 0) is 30.2 Å². The van der Waals surface area contributed by atoms with Gasteiger partial charge in [-0.25, -0.2) is 9.97 Å². The van der Waals surface area contributed by atoms with E-state index in [1.165, 1.54) is 5.56 Å². The maximum Gasteiger partial charge on any atom is 0.225 e. The fourth-order valence-electron chi connectivity index (χ4n) is 2.53. The molecule has 3 rings (SSSR count). The van der Waals surface area contributed by atoms with Crippen molar-refractivity contribution in [3.8, 4) is 0 Å². The van der Waals surface area contributed by atoms with Gasteiger partial charge >= 0.3 is 0 Å². The van der Waals surface area contributed by atoms with Gasteiger partial charge in [0.25, 0.3) is 0 Å². The first-order chi connectivity index (χ1) is 9.92. The van der Waals surface area contributed by atoms with Gasteiger partial charge in [0.2, 0.25) is 5.95 Å². The molecule has 3 heterocycles. The zero-order chi connectivity index (χ0) is 13.6. The molecule has 0 radical (unpaired) electrons. The maximum absolute atomic E-state index is 4.34. The molecular weight excluding hydrogens is 250 g/mol. The molecule has 5 nitrogen and oxygen atoms in total. The summed E-state index contributed by atoms with van der Waals surface area (Å²) in [6, 6.07) is 6.03. The minimum absolute atomic E-state index is 0.846. The van der Waals surface area contributed by atoms with E-state index in [2.05, 4.69) is 36.9 Å². The third-order valence-electron chi connectivity index (χ3n) is 3.58. The molecule has 1 saturated heterocycles. The summed E-state index contributed by atoms with van der Waals surface area (Å²) in [5.41, 5.74) is 1.32. The van der Waals surface area contributed by atoms with Crippen molar-refractivity contribution in [2.45, 2.75) is 13.0 Å². The number of anilines is 1. The Morgan fingerprint density at radius 3 is 2.50 bits per heavy atom. The van der Waals surface area contributed by atoms with Crippen LogP contribution in [0.5, 0.6) is 0 Å². The summed E-state index contributed by atoms with van der Waals surface area (Å²) in [6.45, 7) is 5.16. The smallest absolute Gasteiger partial charge is 0.225 e. The minimum Gasteiger partial charge on any atom is -0.339 e. The van der Waals surface area contributed by atoms with Crippen LogP contribution in [-0.4, -0.2) is 46.0 Å². The van der Waals surface area contributed by atoms with E-state index >= 15 is 0 Å². The van der Waals surface area contributed by atoms with Crippen LogP contribution in [0.15, 0.2) is 43.0 Å². The zero-order valence-corrected chi connectivity index (χ0v) is 11.5. The van der Waals surface area contributed by atoms with E-state index in [1.807, 2.05) is 30.9 Å². The Balaban J connectivity index is 1.60. The van der Waals surface area contributed by atoms with Crippen LogP contribution in [0.2, 0.25) is 0 Å². The molecule has 1 aliphatic rings. The van der Waals surface area contributed by atoms with Crippen LogP contribution in [0, 0.1) is 0 Å². The summed E-state index contributed by atoms with van der Waals surface area (Å²) in [7, 11) is 0. The van der Waals surface area contributed by atoms with Crippen molar-refractivity contribution >= 4 is 5.95 Å². The summed E-state index contributed by atoms with van der Waals surface area (Å²) in [5, 5.41) is 0. The standard InChI is InChI=1S/C15H19N5/c1-5-17-15(18-6-1)20-10-2-9-19(11-12-20)13-14-3-7-16-8-4-14/h1,3-8H,2,9-13H2. The van der Waals surface area contributed by atoms with Gasteiger partial charge in [-0.15, -0.1) is 0 Å². The summed E-state index contributed by atoms with van der Waals surface area (Å²) in [5.74, 6) is 0.846. The molecule has 2 aromatic rings. The van der Waals surface area contributed by atoms with Crippen molar-refractivity contribution in [2.75, 3.05) is 31.1 Å². The van der Waals surface area contributed by atoms with Gasteiger partial charge in [0, 0.05) is 57.5 Å². The lowest BCUT2D eigenvalue weighted by atomic mass is 10.2. The molecule has 0 bridgehead atoms. The fraction of sp³-hybridized carbons (Fsp3) is 0.400. The Labute approximate surface area is 119 Å². The normalized spacial score (nSPS) is 16.9. The third-order valence-corrected chi connectivity index (χ3v) is 3.58. The van der Waals surface area contributed by atoms with Crippen LogP contribution < -0.4 is 4.90 Å². The molecule has 0 aliphatic carbocycles. The number of pyridine rings is 1. The van der Waals surface area contributed by atoms with E-state index in [9.17, 15) is 0 Å². The largest absolute Gasteiger partial charge is 0.339 e. The second-order valence-electron chi connectivity index (χ2n) is 5.02. The molecule has 0 atom stereocenters. The molecule has 2 aromatic heterocycles. The van der Waals surface area contributed by atoms with Crippen LogP contribution in [0.25, 0.3) is 0 Å². The first-order valence-corrected chi connectivity index (χ1v) is 7.05. The lowest BCUT2D eigenvalue weighted by Gasteiger charge is -2.21. The molecule has 0 aromatic carbocycles. The lowest BCUT2D eigenvalue weighted by Crippen LogP contribution is -2.31. The SMILES string of the molecule is c1cnc(N2CCCN(Cc3ccncc3)CC2)nc1. The number of nitrogens with zero attached hydrogens (tertiary/aromatic N) is 5. The van der Waals surface area contributed by atoms with Crippen LogP contribution in [0.4, 0.5) is 5.95 Å². The molecule has 0 saturated carbocycles. The van der Waals surface area contributed by atoms with Crippen molar-refractivity contribution in [1.29, 1.82) is 0 Å². The Kier molecular flexibility index (Phi) is 4.18. The second kappa shape index (κ2) is 6.43. The highest BCUT2D eigenvalue weighted by molar-refractivity contribution is 5.28. The quantitative estimate of drug-likeness (QED) is 0.846. The van der Waals surface area contributed by atoms with E-state index in [0.717, 1.165) is 45.1 Å². The van der Waals surface area contributed by atoms with Gasteiger partial charge in [-0.1, -0.05) is 0 Å². The molecule has 0 N–H and O–H groups in total. The highest BCUT2D eigenvalue weighted by atomic mass is 15.3. The van der Waals surface area contributed by atoms with E-state index < -0.39 is 0 Å². The number of hydrogen-bond donors (Lipinski definition) is 0. The first kappa shape index (κ1) is 13.0. The number of hydrogen-bond acceptors (Lipinski definition) is 5. The average Bonchev–Trinajstić information content (AvgIpc) is 2.75. The van der Waals surface area contributed by atoms with Crippen molar-refractivity contribution in [1.82, 2.24) is 19.9 Å². The molecule has 0 spiro atoms. The Hall–Kier alpha value is -2.01.